The van der Waals surface area contributed by atoms with E-state index in [1.807, 2.05) is 26.8 Å². The van der Waals surface area contributed by atoms with Crippen molar-refractivity contribution in [1.82, 2.24) is 14.9 Å². The molecule has 31 heavy (non-hydrogen) atoms. The maximum Gasteiger partial charge on any atom is 0.408 e. The van der Waals surface area contributed by atoms with Gasteiger partial charge in [-0.1, -0.05) is 6.07 Å². The lowest BCUT2D eigenvalue weighted by Gasteiger charge is -2.32. The van der Waals surface area contributed by atoms with Crippen molar-refractivity contribution >= 4 is 17.0 Å². The number of hydrogen-bond acceptors (Lipinski definition) is 6. The van der Waals surface area contributed by atoms with E-state index in [0.717, 1.165) is 10.9 Å². The Morgan fingerprint density at radius 3 is 2.32 bits per heavy atom. The summed E-state index contributed by atoms with van der Waals surface area (Å²) in [6, 6.07) is 9.33. The third-order valence-electron chi connectivity index (χ3n) is 4.97. The number of fused-ring (bicyclic) bond motifs is 1. The molecular weight excluding hydrogens is 396 g/mol. The lowest BCUT2D eigenvalue weighted by molar-refractivity contribution is 0.0947. The van der Waals surface area contributed by atoms with Gasteiger partial charge >= 0.3 is 6.09 Å². The Bertz CT molecular complexity index is 1160. The topological polar surface area (TPSA) is 109 Å². The highest BCUT2D eigenvalue weighted by Gasteiger charge is 2.26. The average Bonchev–Trinajstić information content (AvgIpc) is 2.75. The number of carbonyl (C=O) groups is 1. The van der Waals surface area contributed by atoms with Crippen molar-refractivity contribution in [3.05, 3.63) is 47.9 Å². The SMILES string of the molecule is COc1cc2ncc(C#N)c(-c3ccc(CN(C(=O)O)C(C)(C)C)nc3)c2cc1OC. The molecule has 0 aliphatic rings. The summed E-state index contributed by atoms with van der Waals surface area (Å²) in [5.74, 6) is 1.07. The number of pyridine rings is 2. The number of aromatic nitrogens is 2. The largest absolute Gasteiger partial charge is 0.493 e. The maximum absolute atomic E-state index is 11.6. The van der Waals surface area contributed by atoms with E-state index in [2.05, 4.69) is 16.0 Å². The van der Waals surface area contributed by atoms with E-state index in [9.17, 15) is 15.2 Å². The summed E-state index contributed by atoms with van der Waals surface area (Å²) in [5.41, 5.74) is 2.50. The number of benzene rings is 1. The first kappa shape index (κ1) is 21.8. The molecule has 160 valence electrons. The fourth-order valence-electron chi connectivity index (χ4n) is 3.33. The number of nitrogens with zero attached hydrogens (tertiary/aromatic N) is 4. The molecule has 0 atom stereocenters. The van der Waals surface area contributed by atoms with Crippen LogP contribution in [0.5, 0.6) is 11.5 Å². The normalized spacial score (nSPS) is 11.1. The van der Waals surface area contributed by atoms with E-state index in [-0.39, 0.29) is 6.54 Å². The minimum atomic E-state index is -1.01. The van der Waals surface area contributed by atoms with Gasteiger partial charge in [0.2, 0.25) is 0 Å². The van der Waals surface area contributed by atoms with Gasteiger partial charge in [0.15, 0.2) is 11.5 Å². The molecule has 0 unspecified atom stereocenters. The van der Waals surface area contributed by atoms with Crippen LogP contribution >= 0.6 is 0 Å². The molecule has 8 nitrogen and oxygen atoms in total. The van der Waals surface area contributed by atoms with Crippen molar-refractivity contribution in [2.24, 2.45) is 0 Å². The van der Waals surface area contributed by atoms with Crippen LogP contribution in [-0.4, -0.2) is 45.8 Å². The second kappa shape index (κ2) is 8.48. The zero-order chi connectivity index (χ0) is 22.8. The van der Waals surface area contributed by atoms with Crippen LogP contribution in [-0.2, 0) is 6.54 Å². The van der Waals surface area contributed by atoms with Gasteiger partial charge in [0.25, 0.3) is 0 Å². The van der Waals surface area contributed by atoms with Crippen LogP contribution in [0.4, 0.5) is 4.79 Å². The summed E-state index contributed by atoms with van der Waals surface area (Å²) in [6.45, 7) is 5.66. The molecule has 1 amide bonds. The van der Waals surface area contributed by atoms with E-state index in [1.54, 1.807) is 38.6 Å². The lowest BCUT2D eigenvalue weighted by Crippen LogP contribution is -2.44. The first-order chi connectivity index (χ1) is 14.7. The minimum Gasteiger partial charge on any atom is -0.493 e. The van der Waals surface area contributed by atoms with Crippen molar-refractivity contribution in [1.29, 1.82) is 5.26 Å². The van der Waals surface area contributed by atoms with Gasteiger partial charge in [0.1, 0.15) is 6.07 Å². The van der Waals surface area contributed by atoms with Crippen LogP contribution in [0.2, 0.25) is 0 Å². The van der Waals surface area contributed by atoms with Gasteiger partial charge < -0.3 is 14.6 Å². The van der Waals surface area contributed by atoms with Gasteiger partial charge in [-0.2, -0.15) is 5.26 Å². The molecule has 0 radical (unpaired) electrons. The van der Waals surface area contributed by atoms with Gasteiger partial charge in [-0.25, -0.2) is 4.79 Å². The second-order valence-corrected chi connectivity index (χ2v) is 7.96. The molecule has 1 aromatic carbocycles. The summed E-state index contributed by atoms with van der Waals surface area (Å²) < 4.78 is 10.8. The minimum absolute atomic E-state index is 0.159. The number of rotatable bonds is 5. The number of methoxy groups -OCH3 is 2. The smallest absolute Gasteiger partial charge is 0.408 e. The van der Waals surface area contributed by atoms with Gasteiger partial charge in [-0.15, -0.1) is 0 Å². The molecule has 0 aliphatic carbocycles. The lowest BCUT2D eigenvalue weighted by atomic mass is 9.97. The molecule has 3 aromatic rings. The molecule has 0 saturated carbocycles. The van der Waals surface area contributed by atoms with Gasteiger partial charge in [-0.05, 0) is 32.9 Å². The number of amides is 1. The Balaban J connectivity index is 2.09. The zero-order valence-electron chi connectivity index (χ0n) is 18.1. The molecule has 2 aromatic heterocycles. The Morgan fingerprint density at radius 1 is 1.13 bits per heavy atom. The average molecular weight is 420 g/mol. The monoisotopic (exact) mass is 420 g/mol. The van der Waals surface area contributed by atoms with E-state index < -0.39 is 11.6 Å². The van der Waals surface area contributed by atoms with Gasteiger partial charge in [0, 0.05) is 40.5 Å². The molecule has 2 heterocycles. The van der Waals surface area contributed by atoms with E-state index in [1.165, 1.54) is 11.1 Å². The zero-order valence-corrected chi connectivity index (χ0v) is 18.1. The number of ether oxygens (including phenoxy) is 2. The van der Waals surface area contributed by atoms with Crippen molar-refractivity contribution in [3.63, 3.8) is 0 Å². The molecule has 0 bridgehead atoms. The number of carboxylic acid groups (broad SMARTS) is 1. The molecule has 1 N–H and O–H groups in total. The molecule has 0 fully saturated rings. The molecule has 0 aliphatic heterocycles. The predicted molar refractivity (Wildman–Crippen MR) is 116 cm³/mol. The fourth-order valence-corrected chi connectivity index (χ4v) is 3.33. The Hall–Kier alpha value is -3.86. The highest BCUT2D eigenvalue weighted by Crippen LogP contribution is 2.37. The third-order valence-corrected chi connectivity index (χ3v) is 4.97. The van der Waals surface area contributed by atoms with Crippen LogP contribution in [0.1, 0.15) is 32.0 Å². The van der Waals surface area contributed by atoms with Gasteiger partial charge in [-0.3, -0.25) is 14.9 Å². The summed E-state index contributed by atoms with van der Waals surface area (Å²) in [7, 11) is 3.10. The molecule has 0 saturated heterocycles. The highest BCUT2D eigenvalue weighted by molar-refractivity contribution is 5.98. The number of nitriles is 1. The first-order valence-electron chi connectivity index (χ1n) is 9.60. The summed E-state index contributed by atoms with van der Waals surface area (Å²) in [5, 5.41) is 19.9. The molecule has 0 spiro atoms. The Morgan fingerprint density at radius 2 is 1.81 bits per heavy atom. The van der Waals surface area contributed by atoms with Crippen molar-refractivity contribution in [2.75, 3.05) is 14.2 Å². The van der Waals surface area contributed by atoms with Crippen LogP contribution in [0.3, 0.4) is 0 Å². The highest BCUT2D eigenvalue weighted by atomic mass is 16.5. The van der Waals surface area contributed by atoms with Crippen LogP contribution < -0.4 is 9.47 Å². The third kappa shape index (κ3) is 4.36. The first-order valence-corrected chi connectivity index (χ1v) is 9.60. The van der Waals surface area contributed by atoms with Crippen LogP contribution in [0, 0.1) is 11.3 Å². The number of hydrogen-bond donors (Lipinski definition) is 1. The van der Waals surface area contributed by atoms with E-state index in [4.69, 9.17) is 9.47 Å². The van der Waals surface area contributed by atoms with Crippen LogP contribution in [0.25, 0.3) is 22.0 Å². The summed E-state index contributed by atoms with van der Waals surface area (Å²) >= 11 is 0. The predicted octanol–water partition coefficient (Wildman–Crippen LogP) is 4.46. The van der Waals surface area contributed by atoms with E-state index >= 15 is 0 Å². The fraction of sp³-hybridized carbons (Fsp3) is 0.304. The molecule has 8 heteroatoms. The summed E-state index contributed by atoms with van der Waals surface area (Å²) in [4.78, 5) is 21.8. The second-order valence-electron chi connectivity index (χ2n) is 7.96. The van der Waals surface area contributed by atoms with Gasteiger partial charge in [0.05, 0.1) is 37.5 Å². The molecule has 3 rings (SSSR count). The van der Waals surface area contributed by atoms with Crippen molar-refractivity contribution in [3.8, 4) is 28.7 Å². The van der Waals surface area contributed by atoms with E-state index in [0.29, 0.717) is 33.8 Å². The van der Waals surface area contributed by atoms with Crippen molar-refractivity contribution in [2.45, 2.75) is 32.9 Å². The molecular formula is C23H24N4O4. The maximum atomic E-state index is 11.6. The Labute approximate surface area is 180 Å². The Kier molecular flexibility index (Phi) is 5.97. The van der Waals surface area contributed by atoms with Crippen molar-refractivity contribution < 1.29 is 19.4 Å². The summed E-state index contributed by atoms with van der Waals surface area (Å²) in [6.07, 6.45) is 2.15. The standard InChI is InChI=1S/C23H24N4O4/c1-23(2,3)27(22(28)29)13-16-7-6-14(11-25-16)21-15(10-24)12-26-18-9-20(31-5)19(30-4)8-17(18)21/h6-9,11-12H,13H2,1-5H3,(H,28,29). The quantitative estimate of drug-likeness (QED) is 0.649. The van der Waals surface area contributed by atoms with Crippen LogP contribution in [0.15, 0.2) is 36.7 Å².